The van der Waals surface area contributed by atoms with Crippen molar-refractivity contribution in [2.24, 2.45) is 28.0 Å². The van der Waals surface area contributed by atoms with Crippen LogP contribution in [0.2, 0.25) is 0 Å². The summed E-state index contributed by atoms with van der Waals surface area (Å²) in [7, 11) is 3.93. The lowest BCUT2D eigenvalue weighted by Crippen LogP contribution is -2.39. The molecule has 3 aliphatic carbocycles. The molecule has 3 aromatic carbocycles. The third-order valence-electron chi connectivity index (χ3n) is 9.90. The largest absolute Gasteiger partial charge is 0.507 e. The molecule has 0 unspecified atom stereocenters. The summed E-state index contributed by atoms with van der Waals surface area (Å²) in [6, 6.07) is 19.8. The third-order valence-corrected chi connectivity index (χ3v) is 9.90. The minimum atomic E-state index is -0.704. The van der Waals surface area contributed by atoms with Gasteiger partial charge in [-0.2, -0.15) is 10.2 Å². The SMILES string of the molecule is CC1=CC(=O)C2=C(C[C@@H]3C(=CC[C@@H]4C(=O)N(c5ccc(N=Nc6ccc(N(C)C)cc6)cc5)C(=O)[C@@H]43)[C@@H]2c2cccc(C)c2O)C1=O. The zero-order chi connectivity index (χ0) is 33.1. The first-order valence-electron chi connectivity index (χ1n) is 15.7. The molecule has 9 nitrogen and oxygen atoms in total. The summed E-state index contributed by atoms with van der Waals surface area (Å²) < 4.78 is 0. The fourth-order valence-corrected chi connectivity index (χ4v) is 7.51. The van der Waals surface area contributed by atoms with Gasteiger partial charge in [-0.3, -0.25) is 24.1 Å². The lowest BCUT2D eigenvalue weighted by molar-refractivity contribution is -0.123. The highest BCUT2D eigenvalue weighted by Crippen LogP contribution is 2.56. The number of carbonyl (C=O) groups is 4. The number of phenols is 1. The highest BCUT2D eigenvalue weighted by atomic mass is 16.3. The van der Waals surface area contributed by atoms with Crippen LogP contribution >= 0.6 is 0 Å². The molecule has 0 radical (unpaired) electrons. The van der Waals surface area contributed by atoms with Crippen LogP contribution in [0.3, 0.4) is 0 Å². The van der Waals surface area contributed by atoms with Gasteiger partial charge in [-0.25, -0.2) is 0 Å². The lowest BCUT2D eigenvalue weighted by atomic mass is 9.59. The number of hydrogen-bond donors (Lipinski definition) is 1. The van der Waals surface area contributed by atoms with Crippen molar-refractivity contribution >= 4 is 46.1 Å². The van der Waals surface area contributed by atoms with Gasteiger partial charge >= 0.3 is 0 Å². The number of imide groups is 1. The average molecular weight is 627 g/mol. The van der Waals surface area contributed by atoms with Gasteiger partial charge in [-0.1, -0.05) is 29.8 Å². The highest BCUT2D eigenvalue weighted by Gasteiger charge is 2.56. The van der Waals surface area contributed by atoms with Crippen molar-refractivity contribution in [3.05, 3.63) is 112 Å². The average Bonchev–Trinajstić information content (AvgIpc) is 3.32. The molecule has 1 aliphatic heterocycles. The number of Topliss-reactive ketones (excluding diaryl/α,β-unsaturated/α-hetero) is 1. The van der Waals surface area contributed by atoms with Crippen molar-refractivity contribution in [2.45, 2.75) is 32.6 Å². The quantitative estimate of drug-likeness (QED) is 0.144. The first-order valence-corrected chi connectivity index (χ1v) is 15.7. The number of aryl methyl sites for hydroxylation is 1. The summed E-state index contributed by atoms with van der Waals surface area (Å²) in [6.07, 6.45) is 3.82. The predicted molar refractivity (Wildman–Crippen MR) is 178 cm³/mol. The Morgan fingerprint density at radius 2 is 1.49 bits per heavy atom. The number of benzene rings is 3. The minimum absolute atomic E-state index is 0.0535. The molecule has 2 amide bonds. The number of ketones is 2. The summed E-state index contributed by atoms with van der Waals surface area (Å²) in [6.45, 7) is 3.40. The fourth-order valence-electron chi connectivity index (χ4n) is 7.51. The van der Waals surface area contributed by atoms with E-state index in [0.29, 0.717) is 51.3 Å². The van der Waals surface area contributed by atoms with Crippen LogP contribution < -0.4 is 9.80 Å². The first-order chi connectivity index (χ1) is 22.5. The van der Waals surface area contributed by atoms with Gasteiger partial charge < -0.3 is 10.0 Å². The zero-order valence-corrected chi connectivity index (χ0v) is 26.6. The number of fused-ring (bicyclic) bond motifs is 3. The van der Waals surface area contributed by atoms with Gasteiger partial charge in [0.05, 0.1) is 28.9 Å². The maximum atomic E-state index is 14.2. The molecular formula is C38H34N4O5. The third kappa shape index (κ3) is 4.93. The number of hydrogen-bond acceptors (Lipinski definition) is 8. The topological polar surface area (TPSA) is 120 Å². The Labute approximate surface area is 272 Å². The molecular weight excluding hydrogens is 592 g/mol. The van der Waals surface area contributed by atoms with E-state index in [4.69, 9.17) is 0 Å². The van der Waals surface area contributed by atoms with E-state index in [0.717, 1.165) is 11.3 Å². The maximum absolute atomic E-state index is 14.2. The Kier molecular flexibility index (Phi) is 7.34. The molecule has 0 aromatic heterocycles. The monoisotopic (exact) mass is 626 g/mol. The van der Waals surface area contributed by atoms with Gasteiger partial charge in [0, 0.05) is 48.0 Å². The molecule has 3 aromatic rings. The summed E-state index contributed by atoms with van der Waals surface area (Å²) >= 11 is 0. The Balaban J connectivity index is 1.20. The van der Waals surface area contributed by atoms with E-state index >= 15 is 0 Å². The Bertz CT molecular complexity index is 1980. The molecule has 0 spiro atoms. The summed E-state index contributed by atoms with van der Waals surface area (Å²) in [4.78, 5) is 58.3. The number of phenolic OH excluding ortho intramolecular Hbond substituents is 1. The second-order valence-corrected chi connectivity index (χ2v) is 12.9. The summed E-state index contributed by atoms with van der Waals surface area (Å²) in [5, 5.41) is 19.8. The van der Waals surface area contributed by atoms with E-state index in [1.54, 1.807) is 50.2 Å². The van der Waals surface area contributed by atoms with Crippen LogP contribution in [0.25, 0.3) is 0 Å². The van der Waals surface area contributed by atoms with Gasteiger partial charge in [-0.15, -0.1) is 0 Å². The Morgan fingerprint density at radius 3 is 2.15 bits per heavy atom. The molecule has 236 valence electrons. The van der Waals surface area contributed by atoms with E-state index in [9.17, 15) is 24.3 Å². The normalized spacial score (nSPS) is 23.9. The van der Waals surface area contributed by atoms with Crippen LogP contribution in [0.4, 0.5) is 22.7 Å². The molecule has 1 N–H and O–H groups in total. The highest BCUT2D eigenvalue weighted by molar-refractivity contribution is 6.25. The van der Waals surface area contributed by atoms with Crippen LogP contribution in [0, 0.1) is 24.7 Å². The number of nitrogens with zero attached hydrogens (tertiary/aromatic N) is 4. The molecule has 4 atom stereocenters. The van der Waals surface area contributed by atoms with E-state index in [2.05, 4.69) is 10.2 Å². The van der Waals surface area contributed by atoms with Crippen molar-refractivity contribution < 1.29 is 24.3 Å². The van der Waals surface area contributed by atoms with E-state index < -0.39 is 23.7 Å². The van der Waals surface area contributed by atoms with Gasteiger partial charge in [-0.05, 0) is 92.8 Å². The van der Waals surface area contributed by atoms with Crippen molar-refractivity contribution in [3.8, 4) is 5.75 Å². The molecule has 7 rings (SSSR count). The van der Waals surface area contributed by atoms with E-state index in [-0.39, 0.29) is 35.6 Å². The van der Waals surface area contributed by atoms with E-state index in [1.807, 2.05) is 55.4 Å². The number of azo groups is 1. The van der Waals surface area contributed by atoms with Crippen molar-refractivity contribution in [1.29, 1.82) is 0 Å². The van der Waals surface area contributed by atoms with Crippen LogP contribution in [-0.4, -0.2) is 42.6 Å². The number of para-hydroxylation sites is 1. The van der Waals surface area contributed by atoms with Gasteiger partial charge in [0.1, 0.15) is 5.75 Å². The van der Waals surface area contributed by atoms with Gasteiger partial charge in [0.25, 0.3) is 0 Å². The molecule has 4 aliphatic rings. The van der Waals surface area contributed by atoms with Crippen LogP contribution in [-0.2, 0) is 19.2 Å². The first kappa shape index (κ1) is 30.2. The second kappa shape index (κ2) is 11.4. The Hall–Kier alpha value is -5.44. The zero-order valence-electron chi connectivity index (χ0n) is 26.6. The summed E-state index contributed by atoms with van der Waals surface area (Å²) in [5.41, 5.74) is 5.80. The number of allylic oxidation sites excluding steroid dienone is 6. The standard InChI is InChI=1S/C38H34N4O5/c1-20-6-5-7-27(35(20)44)32-26-16-17-28-33(29(26)19-30-34(32)31(43)18-21(2)36(30)45)38(47)42(37(28)46)25-14-10-23(11-15-25)40-39-22-8-12-24(13-9-22)41(3)4/h5-16,18,28-29,32-33,44H,17,19H2,1-4H3/t28-,29+,32+,33-/m0/s1. The molecule has 9 heteroatoms. The van der Waals surface area contributed by atoms with Crippen LogP contribution in [0.5, 0.6) is 5.75 Å². The minimum Gasteiger partial charge on any atom is -0.507 e. The molecule has 47 heavy (non-hydrogen) atoms. The van der Waals surface area contributed by atoms with Crippen molar-refractivity contribution in [2.75, 3.05) is 23.9 Å². The van der Waals surface area contributed by atoms with Crippen LogP contribution in [0.15, 0.2) is 111 Å². The summed E-state index contributed by atoms with van der Waals surface area (Å²) in [5.74, 6) is -3.53. The van der Waals surface area contributed by atoms with Crippen molar-refractivity contribution in [1.82, 2.24) is 0 Å². The number of rotatable bonds is 5. The second-order valence-electron chi connectivity index (χ2n) is 12.9. The van der Waals surface area contributed by atoms with Gasteiger partial charge in [0.2, 0.25) is 11.8 Å². The van der Waals surface area contributed by atoms with Gasteiger partial charge in [0.15, 0.2) is 11.6 Å². The number of aromatic hydroxyl groups is 1. The maximum Gasteiger partial charge on any atom is 0.238 e. The predicted octanol–water partition coefficient (Wildman–Crippen LogP) is 6.82. The molecule has 1 saturated heterocycles. The fraction of sp³-hybridized carbons (Fsp3) is 0.263. The number of anilines is 2. The molecule has 1 heterocycles. The van der Waals surface area contributed by atoms with Crippen molar-refractivity contribution in [3.63, 3.8) is 0 Å². The molecule has 0 saturated carbocycles. The lowest BCUT2D eigenvalue weighted by Gasteiger charge is -2.42. The van der Waals surface area contributed by atoms with Crippen LogP contribution in [0.1, 0.15) is 36.8 Å². The number of amides is 2. The van der Waals surface area contributed by atoms with E-state index in [1.165, 1.54) is 11.0 Å². The molecule has 1 fully saturated rings. The Morgan fingerprint density at radius 1 is 0.830 bits per heavy atom. The smallest absolute Gasteiger partial charge is 0.238 e. The molecule has 0 bridgehead atoms. The number of carbonyl (C=O) groups excluding carboxylic acids is 4.